The van der Waals surface area contributed by atoms with Gasteiger partial charge < -0.3 is 10.6 Å². The van der Waals surface area contributed by atoms with E-state index in [0.717, 1.165) is 25.8 Å². The number of carbonyl (C=O) groups is 1. The van der Waals surface area contributed by atoms with Crippen LogP contribution in [-0.2, 0) is 4.79 Å². The molecule has 3 heteroatoms. The van der Waals surface area contributed by atoms with Crippen LogP contribution in [0.4, 0.5) is 0 Å². The summed E-state index contributed by atoms with van der Waals surface area (Å²) in [7, 11) is 0. The molecule has 0 radical (unpaired) electrons. The van der Waals surface area contributed by atoms with E-state index in [-0.39, 0.29) is 11.9 Å². The number of carbonyl (C=O) groups excluding carboxylic acids is 1. The van der Waals surface area contributed by atoms with Crippen LogP contribution in [0.5, 0.6) is 0 Å². The van der Waals surface area contributed by atoms with Gasteiger partial charge in [-0.1, -0.05) is 13.8 Å². The SMILES string of the molecule is CC(C)CC(C)NC1CCCNC1=O. The molecular formula is C11H22N2O. The fourth-order valence-electron chi connectivity index (χ4n) is 2.05. The summed E-state index contributed by atoms with van der Waals surface area (Å²) in [6.45, 7) is 7.41. The molecule has 2 unspecified atom stereocenters. The van der Waals surface area contributed by atoms with Crippen molar-refractivity contribution < 1.29 is 4.79 Å². The van der Waals surface area contributed by atoms with Gasteiger partial charge in [-0.3, -0.25) is 4.79 Å². The van der Waals surface area contributed by atoms with Crippen molar-refractivity contribution in [2.45, 2.75) is 52.1 Å². The zero-order chi connectivity index (χ0) is 10.6. The summed E-state index contributed by atoms with van der Waals surface area (Å²) in [5.74, 6) is 0.857. The normalized spacial score (nSPS) is 24.9. The van der Waals surface area contributed by atoms with Crippen molar-refractivity contribution in [3.05, 3.63) is 0 Å². The fourth-order valence-corrected chi connectivity index (χ4v) is 2.05. The second kappa shape index (κ2) is 5.35. The lowest BCUT2D eigenvalue weighted by Crippen LogP contribution is -2.51. The summed E-state index contributed by atoms with van der Waals surface area (Å²) >= 11 is 0. The molecule has 1 amide bonds. The average Bonchev–Trinajstić information content (AvgIpc) is 2.07. The number of hydrogen-bond acceptors (Lipinski definition) is 2. The lowest BCUT2D eigenvalue weighted by molar-refractivity contribution is -0.124. The van der Waals surface area contributed by atoms with Crippen LogP contribution < -0.4 is 10.6 Å². The van der Waals surface area contributed by atoms with Crippen molar-refractivity contribution in [1.29, 1.82) is 0 Å². The molecule has 2 N–H and O–H groups in total. The van der Waals surface area contributed by atoms with E-state index in [1.807, 2.05) is 0 Å². The second-order valence-corrected chi connectivity index (χ2v) is 4.68. The maximum Gasteiger partial charge on any atom is 0.237 e. The predicted octanol–water partition coefficient (Wildman–Crippen LogP) is 1.29. The first-order valence-electron chi connectivity index (χ1n) is 5.63. The van der Waals surface area contributed by atoms with Crippen LogP contribution in [0.25, 0.3) is 0 Å². The molecule has 1 rings (SSSR count). The summed E-state index contributed by atoms with van der Waals surface area (Å²) in [5, 5.41) is 6.28. The Hall–Kier alpha value is -0.570. The Balaban J connectivity index is 2.30. The van der Waals surface area contributed by atoms with Crippen LogP contribution in [0.3, 0.4) is 0 Å². The number of nitrogens with one attached hydrogen (secondary N) is 2. The van der Waals surface area contributed by atoms with Gasteiger partial charge >= 0.3 is 0 Å². The first kappa shape index (κ1) is 11.5. The van der Waals surface area contributed by atoms with E-state index in [4.69, 9.17) is 0 Å². The molecule has 0 bridgehead atoms. The van der Waals surface area contributed by atoms with Crippen LogP contribution in [0.15, 0.2) is 0 Å². The summed E-state index contributed by atoms with van der Waals surface area (Å²) in [5.41, 5.74) is 0. The Bertz CT molecular complexity index is 192. The third kappa shape index (κ3) is 3.66. The third-order valence-electron chi connectivity index (χ3n) is 2.60. The molecule has 1 aliphatic rings. The highest BCUT2D eigenvalue weighted by Gasteiger charge is 2.22. The Morgan fingerprint density at radius 3 is 2.79 bits per heavy atom. The Labute approximate surface area is 86.6 Å². The van der Waals surface area contributed by atoms with Crippen LogP contribution in [-0.4, -0.2) is 24.5 Å². The van der Waals surface area contributed by atoms with Gasteiger partial charge in [-0.15, -0.1) is 0 Å². The van der Waals surface area contributed by atoms with Gasteiger partial charge in [0.05, 0.1) is 6.04 Å². The van der Waals surface area contributed by atoms with E-state index in [2.05, 4.69) is 31.4 Å². The zero-order valence-electron chi connectivity index (χ0n) is 9.47. The predicted molar refractivity (Wildman–Crippen MR) is 58.1 cm³/mol. The molecule has 0 aromatic rings. The lowest BCUT2D eigenvalue weighted by atomic mass is 10.0. The number of rotatable bonds is 4. The Morgan fingerprint density at radius 2 is 2.21 bits per heavy atom. The van der Waals surface area contributed by atoms with Crippen molar-refractivity contribution in [1.82, 2.24) is 10.6 Å². The minimum absolute atomic E-state index is 0.0394. The highest BCUT2D eigenvalue weighted by molar-refractivity contribution is 5.82. The van der Waals surface area contributed by atoms with Crippen molar-refractivity contribution in [3.8, 4) is 0 Å². The van der Waals surface area contributed by atoms with E-state index < -0.39 is 0 Å². The largest absolute Gasteiger partial charge is 0.355 e. The van der Waals surface area contributed by atoms with E-state index in [1.165, 1.54) is 0 Å². The van der Waals surface area contributed by atoms with Gasteiger partial charge in [0.25, 0.3) is 0 Å². The van der Waals surface area contributed by atoms with E-state index >= 15 is 0 Å². The van der Waals surface area contributed by atoms with Crippen LogP contribution in [0.2, 0.25) is 0 Å². The van der Waals surface area contributed by atoms with Crippen molar-refractivity contribution in [2.24, 2.45) is 5.92 Å². The topological polar surface area (TPSA) is 41.1 Å². The summed E-state index contributed by atoms with van der Waals surface area (Å²) in [4.78, 5) is 11.4. The van der Waals surface area contributed by atoms with E-state index in [1.54, 1.807) is 0 Å². The Kier molecular flexibility index (Phi) is 4.39. The molecule has 1 aliphatic heterocycles. The third-order valence-corrected chi connectivity index (χ3v) is 2.60. The van der Waals surface area contributed by atoms with Gasteiger partial charge in [0, 0.05) is 12.6 Å². The van der Waals surface area contributed by atoms with Crippen LogP contribution >= 0.6 is 0 Å². The number of amides is 1. The maximum absolute atomic E-state index is 11.4. The number of piperidine rings is 1. The van der Waals surface area contributed by atoms with Gasteiger partial charge in [0.2, 0.25) is 5.91 Å². The minimum Gasteiger partial charge on any atom is -0.355 e. The zero-order valence-corrected chi connectivity index (χ0v) is 9.47. The molecule has 82 valence electrons. The van der Waals surface area contributed by atoms with Gasteiger partial charge in [-0.25, -0.2) is 0 Å². The molecule has 0 aliphatic carbocycles. The van der Waals surface area contributed by atoms with E-state index in [9.17, 15) is 4.79 Å². The van der Waals surface area contributed by atoms with Crippen molar-refractivity contribution in [3.63, 3.8) is 0 Å². The number of hydrogen-bond donors (Lipinski definition) is 2. The molecular weight excluding hydrogens is 176 g/mol. The van der Waals surface area contributed by atoms with Crippen molar-refractivity contribution in [2.75, 3.05) is 6.54 Å². The smallest absolute Gasteiger partial charge is 0.237 e. The van der Waals surface area contributed by atoms with Crippen molar-refractivity contribution >= 4 is 5.91 Å². The average molecular weight is 198 g/mol. The molecule has 0 aromatic carbocycles. The van der Waals surface area contributed by atoms with Crippen LogP contribution in [0.1, 0.15) is 40.0 Å². The molecule has 14 heavy (non-hydrogen) atoms. The summed E-state index contributed by atoms with van der Waals surface area (Å²) in [6, 6.07) is 0.473. The molecule has 0 aromatic heterocycles. The monoisotopic (exact) mass is 198 g/mol. The molecule has 0 saturated carbocycles. The molecule has 1 fully saturated rings. The highest BCUT2D eigenvalue weighted by Crippen LogP contribution is 2.08. The second-order valence-electron chi connectivity index (χ2n) is 4.68. The van der Waals surface area contributed by atoms with Gasteiger partial charge in [0.15, 0.2) is 0 Å². The van der Waals surface area contributed by atoms with Gasteiger partial charge in [-0.05, 0) is 32.1 Å². The summed E-state index contributed by atoms with van der Waals surface area (Å²) < 4.78 is 0. The first-order valence-corrected chi connectivity index (χ1v) is 5.63. The standard InChI is InChI=1S/C11H22N2O/c1-8(2)7-9(3)13-10-5-4-6-12-11(10)14/h8-10,13H,4-7H2,1-3H3,(H,12,14). The lowest BCUT2D eigenvalue weighted by Gasteiger charge is -2.26. The molecule has 1 saturated heterocycles. The van der Waals surface area contributed by atoms with Crippen LogP contribution in [0, 0.1) is 5.92 Å². The summed E-state index contributed by atoms with van der Waals surface area (Å²) in [6.07, 6.45) is 3.20. The maximum atomic E-state index is 11.4. The fraction of sp³-hybridized carbons (Fsp3) is 0.909. The molecule has 3 nitrogen and oxygen atoms in total. The minimum atomic E-state index is 0.0394. The Morgan fingerprint density at radius 1 is 1.50 bits per heavy atom. The quantitative estimate of drug-likeness (QED) is 0.714. The molecule has 0 spiro atoms. The van der Waals surface area contributed by atoms with Gasteiger partial charge in [-0.2, -0.15) is 0 Å². The highest BCUT2D eigenvalue weighted by atomic mass is 16.2. The molecule has 2 atom stereocenters. The van der Waals surface area contributed by atoms with Gasteiger partial charge in [0.1, 0.15) is 0 Å². The molecule has 1 heterocycles. The first-order chi connectivity index (χ1) is 6.59. The van der Waals surface area contributed by atoms with E-state index in [0.29, 0.717) is 12.0 Å².